The number of amides is 3. The molecule has 3 aliphatic rings. The van der Waals surface area contributed by atoms with Gasteiger partial charge in [0, 0.05) is 92.4 Å². The number of methoxy groups -OCH3 is 1. The number of nitrogens with one attached hydrogen (secondary N) is 4. The first-order valence-electron chi connectivity index (χ1n) is 17.4. The lowest BCUT2D eigenvalue weighted by Gasteiger charge is -2.30. The third-order valence-electron chi connectivity index (χ3n) is 9.90. The second-order valence-corrected chi connectivity index (χ2v) is 13.8. The number of anilines is 1. The molecule has 6 heterocycles. The van der Waals surface area contributed by atoms with E-state index in [1.54, 1.807) is 19.5 Å². The van der Waals surface area contributed by atoms with E-state index in [-0.39, 0.29) is 29.8 Å². The molecule has 12 nitrogen and oxygen atoms in total. The van der Waals surface area contributed by atoms with Gasteiger partial charge in [0.05, 0.1) is 23.5 Å². The van der Waals surface area contributed by atoms with Crippen LogP contribution in [0.4, 0.5) is 5.69 Å². The highest BCUT2D eigenvalue weighted by atomic mass is 35.5. The van der Waals surface area contributed by atoms with Crippen LogP contribution in [0.3, 0.4) is 0 Å². The molecule has 0 unspecified atom stereocenters. The van der Waals surface area contributed by atoms with Crippen molar-refractivity contribution in [2.75, 3.05) is 32.1 Å². The van der Waals surface area contributed by atoms with Crippen molar-refractivity contribution in [3.8, 4) is 28.4 Å². The number of carbonyl (C=O) groups excluding carboxylic acids is 3. The van der Waals surface area contributed by atoms with Gasteiger partial charge in [-0.25, -0.2) is 4.98 Å². The molecule has 0 spiro atoms. The smallest absolute Gasteiger partial charge is 0.274 e. The number of fused-ring (bicyclic) bond motifs is 1. The first-order chi connectivity index (χ1) is 24.7. The molecule has 13 heteroatoms. The largest absolute Gasteiger partial charge is 0.481 e. The molecule has 0 aliphatic carbocycles. The summed E-state index contributed by atoms with van der Waals surface area (Å²) in [6.45, 7) is 5.57. The molecule has 2 fully saturated rings. The summed E-state index contributed by atoms with van der Waals surface area (Å²) in [5.41, 5.74) is 7.62. The van der Waals surface area contributed by atoms with E-state index in [9.17, 15) is 14.4 Å². The molecule has 0 radical (unpaired) electrons. The number of aromatic nitrogens is 3. The average Bonchev–Trinajstić information content (AvgIpc) is 3.75. The topological polar surface area (TPSA) is 150 Å². The van der Waals surface area contributed by atoms with Gasteiger partial charge < -0.3 is 26.0 Å². The summed E-state index contributed by atoms with van der Waals surface area (Å²) < 4.78 is 5.63. The van der Waals surface area contributed by atoms with Gasteiger partial charge in [0.2, 0.25) is 17.7 Å². The second kappa shape index (κ2) is 15.1. The molecule has 2 atom stereocenters. The number of benzene rings is 1. The number of ether oxygens (including phenoxy) is 1. The number of pyridine rings is 3. The quantitative estimate of drug-likeness (QED) is 0.177. The highest BCUT2D eigenvalue weighted by Gasteiger charge is 2.26. The minimum absolute atomic E-state index is 0.0929. The molecule has 1 aromatic carbocycles. The third-order valence-corrected chi connectivity index (χ3v) is 10.3. The van der Waals surface area contributed by atoms with Gasteiger partial charge in [-0.05, 0) is 67.1 Å². The number of hydrogen-bond acceptors (Lipinski definition) is 9. The van der Waals surface area contributed by atoms with Gasteiger partial charge in [-0.1, -0.05) is 29.8 Å². The molecular weight excluding hydrogens is 668 g/mol. The molecule has 0 saturated carbocycles. The van der Waals surface area contributed by atoms with E-state index in [4.69, 9.17) is 21.3 Å². The van der Waals surface area contributed by atoms with E-state index in [1.165, 1.54) is 0 Å². The predicted octanol–water partition coefficient (Wildman–Crippen LogP) is 4.43. The Morgan fingerprint density at radius 2 is 1.80 bits per heavy atom. The second-order valence-electron chi connectivity index (χ2n) is 13.4. The lowest BCUT2D eigenvalue weighted by molar-refractivity contribution is -0.120. The van der Waals surface area contributed by atoms with Crippen LogP contribution >= 0.6 is 11.6 Å². The number of halogens is 1. The van der Waals surface area contributed by atoms with Crippen LogP contribution in [0.15, 0.2) is 54.9 Å². The van der Waals surface area contributed by atoms with Gasteiger partial charge in [-0.15, -0.1) is 0 Å². The standard InChI is InChI=1S/C38H41ClN8O4/c1-22-28(36-35(39)29(12-14-41-36)31-9-6-24(38(46-31)51-2)17-40-19-26-7-10-33(48)43-26)4-3-5-30(22)45-37(50)32-16-23-13-15-47(20-25(23)18-42-32)21-27-8-11-34(49)44-27/h3-6,9,12,14,16,18,26-27,40H,7-8,10-11,13,15,17,19-21H2,1-2H3,(H,43,48)(H,44,49)(H,45,50)/t26-,27+/m0/s1. The Balaban J connectivity index is 1.04. The molecule has 4 N–H and O–H groups in total. The molecule has 0 bridgehead atoms. The fraction of sp³-hybridized carbons (Fsp3) is 0.368. The van der Waals surface area contributed by atoms with Gasteiger partial charge in [0.15, 0.2) is 0 Å². The molecule has 4 aromatic rings. The van der Waals surface area contributed by atoms with Crippen LogP contribution in [0.25, 0.3) is 22.5 Å². The summed E-state index contributed by atoms with van der Waals surface area (Å²) >= 11 is 7.03. The summed E-state index contributed by atoms with van der Waals surface area (Å²) in [4.78, 5) is 52.8. The molecule has 3 aliphatic heterocycles. The first kappa shape index (κ1) is 34.5. The number of rotatable bonds is 11. The van der Waals surface area contributed by atoms with Gasteiger partial charge in [0.25, 0.3) is 5.91 Å². The third kappa shape index (κ3) is 7.73. The Kier molecular flexibility index (Phi) is 10.3. The molecule has 3 amide bonds. The molecule has 51 heavy (non-hydrogen) atoms. The van der Waals surface area contributed by atoms with Crippen LogP contribution in [0.1, 0.15) is 58.4 Å². The van der Waals surface area contributed by atoms with Crippen molar-refractivity contribution < 1.29 is 19.1 Å². The van der Waals surface area contributed by atoms with Crippen LogP contribution < -0.4 is 26.0 Å². The lowest BCUT2D eigenvalue weighted by atomic mass is 9.99. The van der Waals surface area contributed by atoms with E-state index in [2.05, 4.69) is 36.1 Å². The maximum atomic E-state index is 13.5. The zero-order valence-corrected chi connectivity index (χ0v) is 29.5. The number of nitrogens with zero attached hydrogens (tertiary/aromatic N) is 4. The Morgan fingerprint density at radius 1 is 1.00 bits per heavy atom. The Morgan fingerprint density at radius 3 is 2.57 bits per heavy atom. The van der Waals surface area contributed by atoms with Crippen LogP contribution in [0.5, 0.6) is 5.88 Å². The SMILES string of the molecule is COc1nc(-c2ccnc(-c3cccc(NC(=O)c4cc5c(cn4)CN(C[C@H]4CCC(=O)N4)CC5)c3C)c2Cl)ccc1CNC[C@@H]1CCC(=O)N1. The van der Waals surface area contributed by atoms with Gasteiger partial charge in [0.1, 0.15) is 5.69 Å². The Labute approximate surface area is 301 Å². The van der Waals surface area contributed by atoms with E-state index in [0.29, 0.717) is 65.2 Å². The minimum Gasteiger partial charge on any atom is -0.481 e. The fourth-order valence-electron chi connectivity index (χ4n) is 7.09. The van der Waals surface area contributed by atoms with Crippen molar-refractivity contribution in [2.45, 2.75) is 64.2 Å². The monoisotopic (exact) mass is 708 g/mol. The van der Waals surface area contributed by atoms with Gasteiger partial charge in [-0.2, -0.15) is 0 Å². The summed E-state index contributed by atoms with van der Waals surface area (Å²) in [5.74, 6) is 0.413. The van der Waals surface area contributed by atoms with E-state index in [0.717, 1.165) is 66.7 Å². The molecule has 7 rings (SSSR count). The maximum absolute atomic E-state index is 13.5. The normalized spacial score (nSPS) is 18.6. The molecule has 264 valence electrons. The predicted molar refractivity (Wildman–Crippen MR) is 194 cm³/mol. The molecule has 2 saturated heterocycles. The summed E-state index contributed by atoms with van der Waals surface area (Å²) in [6, 6.07) is 13.6. The van der Waals surface area contributed by atoms with Gasteiger partial charge >= 0.3 is 0 Å². The van der Waals surface area contributed by atoms with Crippen LogP contribution in [-0.2, 0) is 29.1 Å². The summed E-state index contributed by atoms with van der Waals surface area (Å²) in [5, 5.41) is 12.9. The fourth-order valence-corrected chi connectivity index (χ4v) is 7.40. The zero-order chi connectivity index (χ0) is 35.5. The highest BCUT2D eigenvalue weighted by Crippen LogP contribution is 2.38. The number of carbonyl (C=O) groups is 3. The average molecular weight is 709 g/mol. The van der Waals surface area contributed by atoms with Crippen LogP contribution in [0, 0.1) is 6.92 Å². The van der Waals surface area contributed by atoms with E-state index in [1.807, 2.05) is 49.4 Å². The first-order valence-corrected chi connectivity index (χ1v) is 17.7. The number of hydrogen-bond donors (Lipinski definition) is 4. The summed E-state index contributed by atoms with van der Waals surface area (Å²) in [6.07, 6.45) is 7.17. The Bertz CT molecular complexity index is 1990. The van der Waals surface area contributed by atoms with Crippen molar-refractivity contribution in [1.29, 1.82) is 0 Å². The molecule has 3 aromatic heterocycles. The van der Waals surface area contributed by atoms with Crippen LogP contribution in [0.2, 0.25) is 5.02 Å². The van der Waals surface area contributed by atoms with Crippen LogP contribution in [-0.4, -0.2) is 76.4 Å². The summed E-state index contributed by atoms with van der Waals surface area (Å²) in [7, 11) is 1.59. The van der Waals surface area contributed by atoms with Crippen molar-refractivity contribution in [2.24, 2.45) is 0 Å². The maximum Gasteiger partial charge on any atom is 0.274 e. The van der Waals surface area contributed by atoms with Crippen molar-refractivity contribution in [3.63, 3.8) is 0 Å². The lowest BCUT2D eigenvalue weighted by Crippen LogP contribution is -2.41. The molecular formula is C38H41ClN8O4. The Hall–Kier alpha value is -4.91. The van der Waals surface area contributed by atoms with Crippen molar-refractivity contribution in [1.82, 2.24) is 35.8 Å². The van der Waals surface area contributed by atoms with E-state index < -0.39 is 0 Å². The van der Waals surface area contributed by atoms with E-state index >= 15 is 0 Å². The highest BCUT2D eigenvalue weighted by molar-refractivity contribution is 6.35. The zero-order valence-electron chi connectivity index (χ0n) is 28.7. The van der Waals surface area contributed by atoms with Gasteiger partial charge in [-0.3, -0.25) is 29.3 Å². The van der Waals surface area contributed by atoms with Crippen molar-refractivity contribution in [3.05, 3.63) is 87.8 Å². The minimum atomic E-state index is -0.291. The van der Waals surface area contributed by atoms with Crippen molar-refractivity contribution >= 4 is 35.0 Å².